The van der Waals surface area contributed by atoms with E-state index in [0.717, 1.165) is 19.2 Å². The van der Waals surface area contributed by atoms with Gasteiger partial charge >= 0.3 is 0 Å². The zero-order valence-electron chi connectivity index (χ0n) is 9.72. The van der Waals surface area contributed by atoms with Gasteiger partial charge in [-0.05, 0) is 26.7 Å². The summed E-state index contributed by atoms with van der Waals surface area (Å²) in [6.45, 7) is 6.04. The Bertz CT molecular complexity index is 130. The highest BCUT2D eigenvalue weighted by Crippen LogP contribution is 2.17. The van der Waals surface area contributed by atoms with Gasteiger partial charge in [0.15, 0.2) is 0 Å². The Morgan fingerprint density at radius 2 is 1.86 bits per heavy atom. The molecule has 1 fully saturated rings. The van der Waals surface area contributed by atoms with Crippen molar-refractivity contribution in [3.05, 3.63) is 0 Å². The molecule has 0 radical (unpaired) electrons. The van der Waals surface area contributed by atoms with Crippen LogP contribution in [0.2, 0.25) is 0 Å². The summed E-state index contributed by atoms with van der Waals surface area (Å²) in [7, 11) is 0. The van der Waals surface area contributed by atoms with Crippen molar-refractivity contribution in [3.8, 4) is 0 Å². The van der Waals surface area contributed by atoms with Crippen molar-refractivity contribution in [2.75, 3.05) is 13.2 Å². The van der Waals surface area contributed by atoms with Crippen LogP contribution in [0, 0.1) is 0 Å². The van der Waals surface area contributed by atoms with Gasteiger partial charge < -0.3 is 10.1 Å². The lowest BCUT2D eigenvalue weighted by Gasteiger charge is -2.19. The largest absolute Gasteiger partial charge is 0.377 e. The van der Waals surface area contributed by atoms with Gasteiger partial charge in [0.25, 0.3) is 0 Å². The summed E-state index contributed by atoms with van der Waals surface area (Å²) in [5, 5.41) is 3.62. The van der Waals surface area contributed by atoms with E-state index in [4.69, 9.17) is 4.74 Å². The van der Waals surface area contributed by atoms with Crippen LogP contribution in [-0.4, -0.2) is 25.3 Å². The number of rotatable bonds is 5. The lowest BCUT2D eigenvalue weighted by molar-refractivity contribution is 0.0735. The molecule has 0 aliphatic heterocycles. The van der Waals surface area contributed by atoms with Gasteiger partial charge in [-0.3, -0.25) is 0 Å². The first-order chi connectivity index (χ1) is 6.83. The van der Waals surface area contributed by atoms with Crippen molar-refractivity contribution >= 4 is 0 Å². The fourth-order valence-electron chi connectivity index (χ4n) is 2.16. The molecule has 0 amide bonds. The zero-order chi connectivity index (χ0) is 10.2. The molecule has 1 aliphatic carbocycles. The second-order valence-corrected chi connectivity index (χ2v) is 4.36. The van der Waals surface area contributed by atoms with Crippen LogP contribution in [-0.2, 0) is 4.74 Å². The van der Waals surface area contributed by atoms with Crippen molar-refractivity contribution in [2.45, 2.75) is 64.5 Å². The molecule has 14 heavy (non-hydrogen) atoms. The van der Waals surface area contributed by atoms with Crippen molar-refractivity contribution in [2.24, 2.45) is 0 Å². The Kier molecular flexibility index (Phi) is 6.20. The Morgan fingerprint density at radius 1 is 1.21 bits per heavy atom. The molecule has 0 heterocycles. The first-order valence-corrected chi connectivity index (χ1v) is 6.18. The molecule has 0 aromatic heterocycles. The van der Waals surface area contributed by atoms with Crippen LogP contribution in [0.3, 0.4) is 0 Å². The van der Waals surface area contributed by atoms with Crippen LogP contribution >= 0.6 is 0 Å². The quantitative estimate of drug-likeness (QED) is 0.687. The first-order valence-electron chi connectivity index (χ1n) is 6.18. The number of nitrogens with one attached hydrogen (secondary N) is 1. The molecular formula is C12H25NO. The maximum Gasteiger partial charge on any atom is 0.0671 e. The van der Waals surface area contributed by atoms with E-state index >= 15 is 0 Å². The van der Waals surface area contributed by atoms with Gasteiger partial charge in [0, 0.05) is 19.2 Å². The molecule has 0 aromatic carbocycles. The molecule has 1 aliphatic rings. The monoisotopic (exact) mass is 199 g/mol. The van der Waals surface area contributed by atoms with Crippen molar-refractivity contribution in [1.82, 2.24) is 5.32 Å². The average Bonchev–Trinajstić information content (AvgIpc) is 2.43. The summed E-state index contributed by atoms with van der Waals surface area (Å²) in [6, 6.07) is 0.750. The van der Waals surface area contributed by atoms with Crippen molar-refractivity contribution < 1.29 is 4.74 Å². The second-order valence-electron chi connectivity index (χ2n) is 4.36. The molecule has 0 aromatic rings. The number of hydrogen-bond donors (Lipinski definition) is 1. The van der Waals surface area contributed by atoms with E-state index < -0.39 is 0 Å². The first kappa shape index (κ1) is 12.0. The fourth-order valence-corrected chi connectivity index (χ4v) is 2.16. The van der Waals surface area contributed by atoms with Crippen LogP contribution in [0.4, 0.5) is 0 Å². The van der Waals surface area contributed by atoms with Gasteiger partial charge in [0.05, 0.1) is 6.10 Å². The third kappa shape index (κ3) is 4.97. The van der Waals surface area contributed by atoms with Gasteiger partial charge in [-0.1, -0.05) is 25.7 Å². The van der Waals surface area contributed by atoms with Crippen LogP contribution in [0.5, 0.6) is 0 Å². The highest BCUT2D eigenvalue weighted by molar-refractivity contribution is 4.71. The predicted molar refractivity (Wildman–Crippen MR) is 60.6 cm³/mol. The van der Waals surface area contributed by atoms with Gasteiger partial charge in [0.1, 0.15) is 0 Å². The van der Waals surface area contributed by atoms with E-state index in [-0.39, 0.29) is 0 Å². The van der Waals surface area contributed by atoms with E-state index in [9.17, 15) is 0 Å². The van der Waals surface area contributed by atoms with Crippen LogP contribution in [0.25, 0.3) is 0 Å². The minimum atomic E-state index is 0.364. The highest BCUT2D eigenvalue weighted by atomic mass is 16.5. The van der Waals surface area contributed by atoms with Gasteiger partial charge in [-0.25, -0.2) is 0 Å². The molecule has 0 spiro atoms. The molecule has 2 nitrogen and oxygen atoms in total. The molecule has 1 rings (SSSR count). The Balaban J connectivity index is 2.09. The van der Waals surface area contributed by atoms with Gasteiger partial charge in [0.2, 0.25) is 0 Å². The maximum absolute atomic E-state index is 5.50. The van der Waals surface area contributed by atoms with Crippen LogP contribution in [0.1, 0.15) is 52.4 Å². The van der Waals surface area contributed by atoms with E-state index in [0.29, 0.717) is 6.10 Å². The molecular weight excluding hydrogens is 174 g/mol. The predicted octanol–water partition coefficient (Wildman–Crippen LogP) is 2.72. The molecule has 1 atom stereocenters. The normalized spacial score (nSPS) is 21.9. The molecule has 0 bridgehead atoms. The lowest BCUT2D eigenvalue weighted by atomic mass is 10.1. The molecule has 84 valence electrons. The minimum absolute atomic E-state index is 0.364. The maximum atomic E-state index is 5.50. The molecule has 0 saturated heterocycles. The third-order valence-corrected chi connectivity index (χ3v) is 3.00. The van der Waals surface area contributed by atoms with E-state index in [2.05, 4.69) is 19.2 Å². The topological polar surface area (TPSA) is 21.3 Å². The van der Waals surface area contributed by atoms with E-state index in [1.54, 1.807) is 0 Å². The smallest absolute Gasteiger partial charge is 0.0671 e. The minimum Gasteiger partial charge on any atom is -0.377 e. The van der Waals surface area contributed by atoms with Crippen LogP contribution in [0.15, 0.2) is 0 Å². The summed E-state index contributed by atoms with van der Waals surface area (Å²) >= 11 is 0. The Labute approximate surface area is 88.4 Å². The van der Waals surface area contributed by atoms with Gasteiger partial charge in [-0.2, -0.15) is 0 Å². The number of ether oxygens (including phenoxy) is 1. The van der Waals surface area contributed by atoms with E-state index in [1.165, 1.54) is 38.5 Å². The van der Waals surface area contributed by atoms with Gasteiger partial charge in [-0.15, -0.1) is 0 Å². The summed E-state index contributed by atoms with van der Waals surface area (Å²) < 4.78 is 5.50. The van der Waals surface area contributed by atoms with Crippen molar-refractivity contribution in [3.63, 3.8) is 0 Å². The summed E-state index contributed by atoms with van der Waals surface area (Å²) in [5.74, 6) is 0. The Hall–Kier alpha value is -0.0800. The summed E-state index contributed by atoms with van der Waals surface area (Å²) in [5.41, 5.74) is 0. The highest BCUT2D eigenvalue weighted by Gasteiger charge is 2.12. The summed E-state index contributed by atoms with van der Waals surface area (Å²) in [4.78, 5) is 0. The lowest BCUT2D eigenvalue weighted by Crippen LogP contribution is -2.35. The SMILES string of the molecule is CCOC(C)CNC1CCCCCC1. The summed E-state index contributed by atoms with van der Waals surface area (Å²) in [6.07, 6.45) is 8.75. The van der Waals surface area contributed by atoms with E-state index in [1.807, 2.05) is 0 Å². The molecule has 1 unspecified atom stereocenters. The molecule has 1 saturated carbocycles. The fraction of sp³-hybridized carbons (Fsp3) is 1.00. The zero-order valence-corrected chi connectivity index (χ0v) is 9.72. The third-order valence-electron chi connectivity index (χ3n) is 3.00. The molecule has 2 heteroatoms. The van der Waals surface area contributed by atoms with Crippen LogP contribution < -0.4 is 5.32 Å². The standard InChI is InChI=1S/C12H25NO/c1-3-14-11(2)10-13-12-8-6-4-5-7-9-12/h11-13H,3-10H2,1-2H3. The van der Waals surface area contributed by atoms with Crippen molar-refractivity contribution in [1.29, 1.82) is 0 Å². The molecule has 1 N–H and O–H groups in total. The Morgan fingerprint density at radius 3 is 2.43 bits per heavy atom. The number of hydrogen-bond acceptors (Lipinski definition) is 2. The average molecular weight is 199 g/mol. The second kappa shape index (κ2) is 7.24.